The van der Waals surface area contributed by atoms with E-state index in [1.807, 2.05) is 0 Å². The Hall–Kier alpha value is -3.29. The lowest BCUT2D eigenvalue weighted by Crippen LogP contribution is -2.30. The number of nitro benzene ring substituents is 1. The predicted molar refractivity (Wildman–Crippen MR) is 98.5 cm³/mol. The standard InChI is InChI=1S/C18H19N5O3/c24-18(16-6-2-3-9-19-16)21-20-13-14-12-15(23(25)26)7-8-17(14)22-10-4-1-5-11-22/h2-3,6-9,12-13H,1,4-5,10-11H2,(H,21,24)/b20-13+. The summed E-state index contributed by atoms with van der Waals surface area (Å²) in [5.41, 5.74) is 4.13. The van der Waals surface area contributed by atoms with Crippen molar-refractivity contribution in [2.24, 2.45) is 5.10 Å². The summed E-state index contributed by atoms with van der Waals surface area (Å²) in [5.74, 6) is -0.438. The Bertz CT molecular complexity index is 817. The SMILES string of the molecule is O=C(N/N=C/c1cc([N+](=O)[O-])ccc1N1CCCCC1)c1ccccn1. The molecule has 1 fully saturated rings. The Morgan fingerprint density at radius 1 is 1.23 bits per heavy atom. The molecule has 3 rings (SSSR count). The van der Waals surface area contributed by atoms with Crippen LogP contribution in [0.15, 0.2) is 47.7 Å². The van der Waals surface area contributed by atoms with E-state index >= 15 is 0 Å². The molecule has 0 spiro atoms. The van der Waals surface area contributed by atoms with E-state index in [0.717, 1.165) is 31.6 Å². The molecule has 1 amide bonds. The van der Waals surface area contributed by atoms with Crippen molar-refractivity contribution >= 4 is 23.5 Å². The zero-order valence-corrected chi connectivity index (χ0v) is 14.2. The van der Waals surface area contributed by atoms with E-state index in [2.05, 4.69) is 20.4 Å². The number of carbonyl (C=O) groups is 1. The van der Waals surface area contributed by atoms with Crippen molar-refractivity contribution in [2.45, 2.75) is 19.3 Å². The summed E-state index contributed by atoms with van der Waals surface area (Å²) >= 11 is 0. The normalized spacial score (nSPS) is 14.4. The van der Waals surface area contributed by atoms with Crippen molar-refractivity contribution in [3.8, 4) is 0 Å². The summed E-state index contributed by atoms with van der Waals surface area (Å²) < 4.78 is 0. The van der Waals surface area contributed by atoms with E-state index in [1.165, 1.54) is 31.0 Å². The van der Waals surface area contributed by atoms with Gasteiger partial charge in [0.05, 0.1) is 11.1 Å². The molecule has 8 heteroatoms. The van der Waals surface area contributed by atoms with Crippen LogP contribution in [-0.4, -0.2) is 35.1 Å². The molecule has 2 heterocycles. The van der Waals surface area contributed by atoms with Crippen LogP contribution in [0.3, 0.4) is 0 Å². The summed E-state index contributed by atoms with van der Waals surface area (Å²) in [7, 11) is 0. The maximum Gasteiger partial charge on any atom is 0.289 e. The molecule has 1 saturated heterocycles. The minimum absolute atomic E-state index is 0.0109. The number of non-ortho nitro benzene ring substituents is 1. The fourth-order valence-corrected chi connectivity index (χ4v) is 2.90. The molecule has 0 saturated carbocycles. The molecule has 0 atom stereocenters. The van der Waals surface area contributed by atoms with Crippen LogP contribution in [0.4, 0.5) is 11.4 Å². The molecule has 8 nitrogen and oxygen atoms in total. The average molecular weight is 353 g/mol. The molecular formula is C18H19N5O3. The summed E-state index contributed by atoms with van der Waals surface area (Å²) in [5, 5.41) is 15.0. The lowest BCUT2D eigenvalue weighted by atomic mass is 10.1. The van der Waals surface area contributed by atoms with Gasteiger partial charge in [0.15, 0.2) is 0 Å². The van der Waals surface area contributed by atoms with Gasteiger partial charge in [-0.25, -0.2) is 5.43 Å². The Balaban J connectivity index is 1.80. The predicted octanol–water partition coefficient (Wildman–Crippen LogP) is 2.74. The first-order valence-corrected chi connectivity index (χ1v) is 8.43. The lowest BCUT2D eigenvalue weighted by molar-refractivity contribution is -0.384. The molecule has 134 valence electrons. The van der Waals surface area contributed by atoms with Crippen molar-refractivity contribution in [2.75, 3.05) is 18.0 Å². The molecular weight excluding hydrogens is 334 g/mol. The van der Waals surface area contributed by atoms with Crippen LogP contribution in [0.1, 0.15) is 35.3 Å². The van der Waals surface area contributed by atoms with Crippen molar-refractivity contribution < 1.29 is 9.72 Å². The largest absolute Gasteiger partial charge is 0.371 e. The highest BCUT2D eigenvalue weighted by Gasteiger charge is 2.17. The van der Waals surface area contributed by atoms with Gasteiger partial charge in [-0.3, -0.25) is 19.9 Å². The average Bonchev–Trinajstić information content (AvgIpc) is 2.69. The van der Waals surface area contributed by atoms with E-state index in [4.69, 9.17) is 0 Å². The van der Waals surface area contributed by atoms with Crippen LogP contribution in [-0.2, 0) is 0 Å². The van der Waals surface area contributed by atoms with E-state index in [1.54, 1.807) is 24.3 Å². The number of rotatable bonds is 5. The Labute approximate surface area is 150 Å². The number of hydrogen-bond acceptors (Lipinski definition) is 6. The van der Waals surface area contributed by atoms with Gasteiger partial charge in [-0.2, -0.15) is 5.10 Å². The number of hydrogen-bond donors (Lipinski definition) is 1. The third-order valence-corrected chi connectivity index (χ3v) is 4.19. The monoisotopic (exact) mass is 353 g/mol. The molecule has 0 radical (unpaired) electrons. The van der Waals surface area contributed by atoms with Crippen LogP contribution in [0, 0.1) is 10.1 Å². The Kier molecular flexibility index (Phi) is 5.52. The lowest BCUT2D eigenvalue weighted by Gasteiger charge is -2.29. The summed E-state index contributed by atoms with van der Waals surface area (Å²) in [4.78, 5) is 28.8. The molecule has 0 unspecified atom stereocenters. The summed E-state index contributed by atoms with van der Waals surface area (Å²) in [6.07, 6.45) is 6.33. The summed E-state index contributed by atoms with van der Waals surface area (Å²) in [6, 6.07) is 9.71. The number of piperidine rings is 1. The first-order valence-electron chi connectivity index (χ1n) is 8.43. The number of nitrogens with zero attached hydrogens (tertiary/aromatic N) is 4. The molecule has 1 aromatic heterocycles. The number of amides is 1. The quantitative estimate of drug-likeness (QED) is 0.506. The van der Waals surface area contributed by atoms with E-state index in [0.29, 0.717) is 5.56 Å². The maximum atomic E-state index is 12.0. The fraction of sp³-hybridized carbons (Fsp3) is 0.278. The molecule has 1 N–H and O–H groups in total. The second kappa shape index (κ2) is 8.19. The number of pyridine rings is 1. The van der Waals surface area contributed by atoms with Gasteiger partial charge < -0.3 is 4.90 Å². The highest BCUT2D eigenvalue weighted by Crippen LogP contribution is 2.26. The first kappa shape index (κ1) is 17.5. The zero-order chi connectivity index (χ0) is 18.4. The smallest absolute Gasteiger partial charge is 0.289 e. The maximum absolute atomic E-state index is 12.0. The fourth-order valence-electron chi connectivity index (χ4n) is 2.90. The third-order valence-electron chi connectivity index (χ3n) is 4.19. The van der Waals surface area contributed by atoms with Crippen molar-refractivity contribution in [1.29, 1.82) is 0 Å². The number of hydrazone groups is 1. The molecule has 0 bridgehead atoms. The molecule has 26 heavy (non-hydrogen) atoms. The van der Waals surface area contributed by atoms with E-state index in [9.17, 15) is 14.9 Å². The van der Waals surface area contributed by atoms with Gasteiger partial charge in [-0.15, -0.1) is 0 Å². The van der Waals surface area contributed by atoms with Crippen molar-refractivity contribution in [3.63, 3.8) is 0 Å². The highest BCUT2D eigenvalue weighted by molar-refractivity contribution is 5.94. The second-order valence-electron chi connectivity index (χ2n) is 5.96. The molecule has 1 aromatic carbocycles. The zero-order valence-electron chi connectivity index (χ0n) is 14.2. The van der Waals surface area contributed by atoms with E-state index < -0.39 is 10.8 Å². The van der Waals surface area contributed by atoms with Gasteiger partial charge in [0.1, 0.15) is 5.69 Å². The molecule has 2 aromatic rings. The number of carbonyl (C=O) groups excluding carboxylic acids is 1. The third kappa shape index (κ3) is 4.21. The van der Waals surface area contributed by atoms with Gasteiger partial charge in [-0.05, 0) is 37.5 Å². The van der Waals surface area contributed by atoms with E-state index in [-0.39, 0.29) is 11.4 Å². The molecule has 0 aliphatic carbocycles. The second-order valence-corrected chi connectivity index (χ2v) is 5.96. The van der Waals surface area contributed by atoms with Gasteiger partial charge in [0.2, 0.25) is 0 Å². The van der Waals surface area contributed by atoms with Crippen LogP contribution in [0.2, 0.25) is 0 Å². The van der Waals surface area contributed by atoms with Crippen LogP contribution in [0.25, 0.3) is 0 Å². The van der Waals surface area contributed by atoms with Gasteiger partial charge in [-0.1, -0.05) is 6.07 Å². The molecule has 1 aliphatic rings. The number of anilines is 1. The van der Waals surface area contributed by atoms with Crippen LogP contribution < -0.4 is 10.3 Å². The first-order chi connectivity index (χ1) is 12.6. The Morgan fingerprint density at radius 2 is 2.04 bits per heavy atom. The highest BCUT2D eigenvalue weighted by atomic mass is 16.6. The number of nitrogens with one attached hydrogen (secondary N) is 1. The Morgan fingerprint density at radius 3 is 2.73 bits per heavy atom. The number of benzene rings is 1. The van der Waals surface area contributed by atoms with Crippen molar-refractivity contribution in [3.05, 3.63) is 64.0 Å². The number of aromatic nitrogens is 1. The number of nitro groups is 1. The minimum atomic E-state index is -0.441. The van der Waals surface area contributed by atoms with Gasteiger partial charge >= 0.3 is 0 Å². The topological polar surface area (TPSA) is 101 Å². The van der Waals surface area contributed by atoms with Gasteiger partial charge in [0, 0.05) is 42.7 Å². The molecule has 1 aliphatic heterocycles. The van der Waals surface area contributed by atoms with Crippen LogP contribution >= 0.6 is 0 Å². The van der Waals surface area contributed by atoms with Gasteiger partial charge in [0.25, 0.3) is 11.6 Å². The minimum Gasteiger partial charge on any atom is -0.371 e. The van der Waals surface area contributed by atoms with Crippen molar-refractivity contribution in [1.82, 2.24) is 10.4 Å². The summed E-state index contributed by atoms with van der Waals surface area (Å²) in [6.45, 7) is 1.80. The van der Waals surface area contributed by atoms with Crippen LogP contribution in [0.5, 0.6) is 0 Å².